The van der Waals surface area contributed by atoms with E-state index in [1.54, 1.807) is 24.4 Å². The normalized spacial score (nSPS) is 18.6. The fourth-order valence-electron chi connectivity index (χ4n) is 1.69. The molecule has 0 aromatic carbocycles. The number of pyridine rings is 1. The molecular formula is C12H12ClN3O3. The molecule has 0 saturated carbocycles. The van der Waals surface area contributed by atoms with Crippen LogP contribution in [0, 0.1) is 0 Å². The minimum Gasteiger partial charge on any atom is -0.481 e. The van der Waals surface area contributed by atoms with Gasteiger partial charge in [0.1, 0.15) is 5.70 Å². The number of nitrogens with two attached hydrogens (primary N) is 1. The first-order chi connectivity index (χ1) is 9.02. The zero-order valence-electron chi connectivity index (χ0n) is 10.1. The Labute approximate surface area is 114 Å². The highest BCUT2D eigenvalue weighted by atomic mass is 35.5. The molecule has 7 heteroatoms. The smallest absolute Gasteiger partial charge is 0.353 e. The number of allylic oxidation sites excluding steroid dienone is 1. The van der Waals surface area contributed by atoms with Crippen molar-refractivity contribution in [2.24, 2.45) is 5.73 Å². The van der Waals surface area contributed by atoms with Gasteiger partial charge in [0.15, 0.2) is 0 Å². The Hall–Kier alpha value is -2.21. The summed E-state index contributed by atoms with van der Waals surface area (Å²) in [4.78, 5) is 15.1. The third kappa shape index (κ3) is 2.63. The standard InChI is InChI=1S/C12H12ClN3O3/c1-19-9-3-2-6(5-15-9)8-4-7(14)10(13)11(16-8)12(17)18/h2-5,8,16H,14H2,1H3,(H,17,18). The average Bonchev–Trinajstić information content (AvgIpc) is 2.41. The lowest BCUT2D eigenvalue weighted by Crippen LogP contribution is -2.30. The number of nitrogens with one attached hydrogen (secondary N) is 1. The molecule has 2 heterocycles. The van der Waals surface area contributed by atoms with Gasteiger partial charge in [0, 0.05) is 12.3 Å². The minimum atomic E-state index is -1.16. The van der Waals surface area contributed by atoms with Gasteiger partial charge in [-0.05, 0) is 17.7 Å². The van der Waals surface area contributed by atoms with Crippen molar-refractivity contribution in [2.75, 3.05) is 7.11 Å². The monoisotopic (exact) mass is 281 g/mol. The second-order valence-corrected chi connectivity index (χ2v) is 4.25. The van der Waals surface area contributed by atoms with Crippen LogP contribution in [-0.2, 0) is 4.79 Å². The molecule has 0 fully saturated rings. The molecule has 19 heavy (non-hydrogen) atoms. The number of ether oxygens (including phenoxy) is 1. The summed E-state index contributed by atoms with van der Waals surface area (Å²) in [6.07, 6.45) is 3.22. The molecule has 1 atom stereocenters. The molecule has 1 aromatic rings. The van der Waals surface area contributed by atoms with Gasteiger partial charge in [0.2, 0.25) is 5.88 Å². The maximum Gasteiger partial charge on any atom is 0.353 e. The van der Waals surface area contributed by atoms with Crippen LogP contribution in [0.2, 0.25) is 0 Å². The van der Waals surface area contributed by atoms with Crippen LogP contribution in [0.3, 0.4) is 0 Å². The molecule has 1 aromatic heterocycles. The molecule has 1 aliphatic heterocycles. The van der Waals surface area contributed by atoms with Gasteiger partial charge >= 0.3 is 5.97 Å². The van der Waals surface area contributed by atoms with E-state index in [9.17, 15) is 4.79 Å². The number of aromatic nitrogens is 1. The Kier molecular flexibility index (Phi) is 3.62. The Morgan fingerprint density at radius 3 is 2.84 bits per heavy atom. The number of hydrogen-bond donors (Lipinski definition) is 3. The van der Waals surface area contributed by atoms with Crippen molar-refractivity contribution in [1.82, 2.24) is 10.3 Å². The summed E-state index contributed by atoms with van der Waals surface area (Å²) in [5.41, 5.74) is 6.57. The molecule has 0 spiro atoms. The van der Waals surface area contributed by atoms with Gasteiger partial charge in [-0.2, -0.15) is 0 Å². The molecule has 0 aliphatic carbocycles. The van der Waals surface area contributed by atoms with Crippen LogP contribution in [-0.4, -0.2) is 23.2 Å². The van der Waals surface area contributed by atoms with Crippen molar-refractivity contribution < 1.29 is 14.6 Å². The van der Waals surface area contributed by atoms with E-state index in [4.69, 9.17) is 27.2 Å². The average molecular weight is 282 g/mol. The van der Waals surface area contributed by atoms with Crippen LogP contribution in [0.4, 0.5) is 0 Å². The van der Waals surface area contributed by atoms with Crippen LogP contribution < -0.4 is 15.8 Å². The summed E-state index contributed by atoms with van der Waals surface area (Å²) in [6.45, 7) is 0. The second-order valence-electron chi connectivity index (χ2n) is 3.87. The van der Waals surface area contributed by atoms with Crippen LogP contribution >= 0.6 is 11.6 Å². The molecule has 100 valence electrons. The molecule has 0 saturated heterocycles. The largest absolute Gasteiger partial charge is 0.481 e. The van der Waals surface area contributed by atoms with Crippen LogP contribution in [0.25, 0.3) is 0 Å². The summed E-state index contributed by atoms with van der Waals surface area (Å²) in [5.74, 6) is -0.684. The van der Waals surface area contributed by atoms with Crippen LogP contribution in [0.5, 0.6) is 5.88 Å². The Bertz CT molecular complexity index is 566. The quantitative estimate of drug-likeness (QED) is 0.768. The Balaban J connectivity index is 2.30. The lowest BCUT2D eigenvalue weighted by molar-refractivity contribution is -0.133. The topological polar surface area (TPSA) is 97.5 Å². The molecule has 2 rings (SSSR count). The summed E-state index contributed by atoms with van der Waals surface area (Å²) in [6, 6.07) is 3.06. The van der Waals surface area contributed by atoms with E-state index in [-0.39, 0.29) is 16.4 Å². The Morgan fingerprint density at radius 2 is 2.32 bits per heavy atom. The molecule has 0 bridgehead atoms. The lowest BCUT2D eigenvalue weighted by Gasteiger charge is -2.23. The van der Waals surface area contributed by atoms with E-state index in [2.05, 4.69) is 10.3 Å². The highest BCUT2D eigenvalue weighted by Gasteiger charge is 2.24. The predicted molar refractivity (Wildman–Crippen MR) is 69.5 cm³/mol. The first-order valence-electron chi connectivity index (χ1n) is 5.40. The molecule has 0 amide bonds. The van der Waals surface area contributed by atoms with Gasteiger partial charge in [-0.15, -0.1) is 0 Å². The fraction of sp³-hybridized carbons (Fsp3) is 0.167. The third-order valence-electron chi connectivity index (χ3n) is 2.66. The molecule has 1 aliphatic rings. The van der Waals surface area contributed by atoms with Crippen molar-refractivity contribution in [1.29, 1.82) is 0 Å². The van der Waals surface area contributed by atoms with E-state index >= 15 is 0 Å². The Morgan fingerprint density at radius 1 is 1.58 bits per heavy atom. The van der Waals surface area contributed by atoms with E-state index in [0.29, 0.717) is 5.88 Å². The summed E-state index contributed by atoms with van der Waals surface area (Å²) < 4.78 is 4.96. The zero-order valence-corrected chi connectivity index (χ0v) is 10.8. The van der Waals surface area contributed by atoms with Gasteiger partial charge in [0.25, 0.3) is 0 Å². The number of dihydropyridines is 1. The van der Waals surface area contributed by atoms with Gasteiger partial charge < -0.3 is 20.9 Å². The summed E-state index contributed by atoms with van der Waals surface area (Å²) in [7, 11) is 1.52. The van der Waals surface area contributed by atoms with E-state index < -0.39 is 12.0 Å². The zero-order chi connectivity index (χ0) is 14.0. The highest BCUT2D eigenvalue weighted by Crippen LogP contribution is 2.27. The number of halogens is 1. The lowest BCUT2D eigenvalue weighted by atomic mass is 10.0. The van der Waals surface area contributed by atoms with Gasteiger partial charge in [-0.25, -0.2) is 9.78 Å². The molecule has 0 radical (unpaired) electrons. The molecular weight excluding hydrogens is 270 g/mol. The van der Waals surface area contributed by atoms with Crippen molar-refractivity contribution in [3.8, 4) is 5.88 Å². The van der Waals surface area contributed by atoms with Crippen LogP contribution in [0.1, 0.15) is 11.6 Å². The van der Waals surface area contributed by atoms with E-state index in [1.165, 1.54) is 7.11 Å². The number of carboxylic acids is 1. The summed E-state index contributed by atoms with van der Waals surface area (Å²) >= 11 is 5.84. The maximum absolute atomic E-state index is 11.1. The maximum atomic E-state index is 11.1. The van der Waals surface area contributed by atoms with Crippen molar-refractivity contribution in [2.45, 2.75) is 6.04 Å². The number of carbonyl (C=O) groups is 1. The molecule has 1 unspecified atom stereocenters. The van der Waals surface area contributed by atoms with Crippen molar-refractivity contribution in [3.63, 3.8) is 0 Å². The van der Waals surface area contributed by atoms with E-state index in [1.807, 2.05) is 0 Å². The van der Waals surface area contributed by atoms with Gasteiger partial charge in [-0.1, -0.05) is 11.6 Å². The minimum absolute atomic E-state index is 0.00483. The number of nitrogens with zero attached hydrogens (tertiary/aromatic N) is 1. The first kappa shape index (κ1) is 13.2. The van der Waals surface area contributed by atoms with E-state index in [0.717, 1.165) is 5.56 Å². The van der Waals surface area contributed by atoms with Crippen LogP contribution in [0.15, 0.2) is 40.8 Å². The second kappa shape index (κ2) is 5.19. The molecule has 4 N–H and O–H groups in total. The third-order valence-corrected chi connectivity index (χ3v) is 3.07. The highest BCUT2D eigenvalue weighted by molar-refractivity contribution is 6.34. The number of aliphatic carboxylic acids is 1. The number of carboxylic acid groups (broad SMARTS) is 1. The number of hydrogen-bond acceptors (Lipinski definition) is 5. The SMILES string of the molecule is COc1ccc(C2C=C(N)C(Cl)=C(C(=O)O)N2)cn1. The van der Waals surface area contributed by atoms with Gasteiger partial charge in [0.05, 0.1) is 23.9 Å². The van der Waals surface area contributed by atoms with Crippen molar-refractivity contribution >= 4 is 17.6 Å². The molecule has 6 nitrogen and oxygen atoms in total. The van der Waals surface area contributed by atoms with Crippen molar-refractivity contribution in [3.05, 3.63) is 46.4 Å². The number of rotatable bonds is 3. The fourth-order valence-corrected chi connectivity index (χ4v) is 1.89. The first-order valence-corrected chi connectivity index (χ1v) is 5.78. The number of methoxy groups -OCH3 is 1. The predicted octanol–water partition coefficient (Wildman–Crippen LogP) is 1.11. The summed E-state index contributed by atoms with van der Waals surface area (Å²) in [5, 5.41) is 11.9. The van der Waals surface area contributed by atoms with Gasteiger partial charge in [-0.3, -0.25) is 0 Å².